The van der Waals surface area contributed by atoms with Crippen molar-refractivity contribution in [1.29, 1.82) is 0 Å². The summed E-state index contributed by atoms with van der Waals surface area (Å²) in [6, 6.07) is 15.0. The van der Waals surface area contributed by atoms with E-state index in [2.05, 4.69) is 57.3 Å². The Hall–Kier alpha value is -2.13. The van der Waals surface area contributed by atoms with E-state index in [0.717, 1.165) is 13.1 Å². The van der Waals surface area contributed by atoms with Crippen LogP contribution in [-0.2, 0) is 0 Å². The number of hydrogen-bond donors (Lipinski definition) is 1. The molecule has 0 radical (unpaired) electrons. The molecule has 3 aromatic rings. The van der Waals surface area contributed by atoms with Gasteiger partial charge < -0.3 is 9.88 Å². The second kappa shape index (κ2) is 4.21. The van der Waals surface area contributed by atoms with Gasteiger partial charge in [0.1, 0.15) is 0 Å². The third kappa shape index (κ3) is 1.74. The molecule has 2 heterocycles. The second-order valence-electron chi connectivity index (χ2n) is 5.08. The molecule has 1 aliphatic rings. The van der Waals surface area contributed by atoms with Crippen LogP contribution in [0.25, 0.3) is 16.5 Å². The molecule has 1 aromatic heterocycles. The van der Waals surface area contributed by atoms with Gasteiger partial charge in [0.25, 0.3) is 0 Å². The number of hydrogen-bond acceptors (Lipinski definition) is 2. The van der Waals surface area contributed by atoms with Crippen molar-refractivity contribution in [2.24, 2.45) is 0 Å². The normalized spacial score (nSPS) is 15.6. The lowest BCUT2D eigenvalue weighted by atomic mass is 9.99. The van der Waals surface area contributed by atoms with Crippen molar-refractivity contribution >= 4 is 10.8 Å². The zero-order chi connectivity index (χ0) is 12.7. The summed E-state index contributed by atoms with van der Waals surface area (Å²) in [5.74, 6) is 0.592. The van der Waals surface area contributed by atoms with Crippen LogP contribution in [0.2, 0.25) is 0 Å². The maximum atomic E-state index is 4.32. The first-order valence-electron chi connectivity index (χ1n) is 6.64. The van der Waals surface area contributed by atoms with Gasteiger partial charge in [0.2, 0.25) is 0 Å². The van der Waals surface area contributed by atoms with E-state index in [1.807, 2.05) is 12.5 Å². The fraction of sp³-hybridized carbons (Fsp3) is 0.188. The molecule has 3 heteroatoms. The lowest BCUT2D eigenvalue weighted by molar-refractivity contribution is 0.435. The van der Waals surface area contributed by atoms with E-state index < -0.39 is 0 Å². The summed E-state index contributed by atoms with van der Waals surface area (Å²) in [4.78, 5) is 4.32. The van der Waals surface area contributed by atoms with Gasteiger partial charge in [-0.05, 0) is 22.9 Å². The molecular formula is C16H15N3. The van der Waals surface area contributed by atoms with Crippen LogP contribution in [0, 0.1) is 0 Å². The number of benzene rings is 2. The molecule has 0 saturated carbocycles. The summed E-state index contributed by atoms with van der Waals surface area (Å²) in [7, 11) is 0. The van der Waals surface area contributed by atoms with Crippen molar-refractivity contribution in [3.63, 3.8) is 0 Å². The predicted molar refractivity (Wildman–Crippen MR) is 76.7 cm³/mol. The van der Waals surface area contributed by atoms with Gasteiger partial charge in [-0.3, -0.25) is 0 Å². The summed E-state index contributed by atoms with van der Waals surface area (Å²) < 4.78 is 2.21. The maximum Gasteiger partial charge on any atom is 0.0994 e. The number of rotatable bonds is 2. The molecule has 0 aliphatic carbocycles. The van der Waals surface area contributed by atoms with Crippen LogP contribution < -0.4 is 5.32 Å². The van der Waals surface area contributed by atoms with E-state index in [4.69, 9.17) is 0 Å². The molecule has 94 valence electrons. The van der Waals surface area contributed by atoms with Crippen molar-refractivity contribution in [2.75, 3.05) is 13.1 Å². The van der Waals surface area contributed by atoms with Crippen LogP contribution in [0.15, 0.2) is 55.0 Å². The Morgan fingerprint density at radius 2 is 1.89 bits per heavy atom. The van der Waals surface area contributed by atoms with Crippen molar-refractivity contribution in [2.45, 2.75) is 5.92 Å². The molecule has 1 fully saturated rings. The number of aromatic nitrogens is 2. The zero-order valence-electron chi connectivity index (χ0n) is 10.6. The zero-order valence-corrected chi connectivity index (χ0v) is 10.6. The fourth-order valence-electron chi connectivity index (χ4n) is 2.65. The van der Waals surface area contributed by atoms with E-state index in [-0.39, 0.29) is 0 Å². The highest BCUT2D eigenvalue weighted by Crippen LogP contribution is 2.24. The lowest BCUT2D eigenvalue weighted by Gasteiger charge is -2.27. The molecule has 0 bridgehead atoms. The molecule has 3 nitrogen and oxygen atoms in total. The monoisotopic (exact) mass is 249 g/mol. The van der Waals surface area contributed by atoms with Gasteiger partial charge in [-0.15, -0.1) is 0 Å². The Morgan fingerprint density at radius 3 is 2.68 bits per heavy atom. The van der Waals surface area contributed by atoms with E-state index in [1.54, 1.807) is 0 Å². The Bertz CT molecular complexity index is 725. The third-order valence-corrected chi connectivity index (χ3v) is 3.88. The van der Waals surface area contributed by atoms with E-state index in [9.17, 15) is 0 Å². The number of nitrogens with zero attached hydrogens (tertiary/aromatic N) is 2. The van der Waals surface area contributed by atoms with Crippen molar-refractivity contribution in [1.82, 2.24) is 14.9 Å². The number of fused-ring (bicyclic) bond motifs is 1. The Balaban J connectivity index is 1.83. The maximum absolute atomic E-state index is 4.32. The summed E-state index contributed by atoms with van der Waals surface area (Å²) in [6.07, 6.45) is 3.90. The highest BCUT2D eigenvalue weighted by Gasteiger charge is 2.22. The van der Waals surface area contributed by atoms with Gasteiger partial charge in [0, 0.05) is 36.6 Å². The second-order valence-corrected chi connectivity index (χ2v) is 5.08. The summed E-state index contributed by atoms with van der Waals surface area (Å²) in [5.41, 5.74) is 2.49. The first-order chi connectivity index (χ1) is 9.42. The minimum atomic E-state index is 0.592. The molecule has 2 aromatic carbocycles. The Labute approximate surface area is 111 Å². The largest absolute Gasteiger partial charge is 0.315 e. The van der Waals surface area contributed by atoms with Gasteiger partial charge in [-0.1, -0.05) is 30.3 Å². The van der Waals surface area contributed by atoms with Crippen LogP contribution >= 0.6 is 0 Å². The predicted octanol–water partition coefficient (Wildman–Crippen LogP) is 2.71. The standard InChI is InChI=1S/C16H15N3/c1-2-4-13-7-15(6-5-12(13)3-1)19-11-18-10-16(19)14-8-17-9-14/h1-7,10-11,14,17H,8-9H2. The summed E-state index contributed by atoms with van der Waals surface area (Å²) >= 11 is 0. The first kappa shape index (κ1) is 10.8. The van der Waals surface area contributed by atoms with Crippen molar-refractivity contribution in [3.05, 3.63) is 60.7 Å². The van der Waals surface area contributed by atoms with Gasteiger partial charge in [-0.25, -0.2) is 4.98 Å². The topological polar surface area (TPSA) is 29.9 Å². The molecule has 1 aliphatic heterocycles. The smallest absolute Gasteiger partial charge is 0.0994 e. The summed E-state index contributed by atoms with van der Waals surface area (Å²) in [6.45, 7) is 2.11. The SMILES string of the molecule is c1ccc2cc(-n3cncc3C3CNC3)ccc2c1. The van der Waals surface area contributed by atoms with Crippen molar-refractivity contribution in [3.8, 4) is 5.69 Å². The fourth-order valence-corrected chi connectivity index (χ4v) is 2.65. The molecule has 0 spiro atoms. The Kier molecular flexibility index (Phi) is 2.38. The highest BCUT2D eigenvalue weighted by molar-refractivity contribution is 5.84. The molecule has 0 unspecified atom stereocenters. The molecule has 4 rings (SSSR count). The van der Waals surface area contributed by atoms with Gasteiger partial charge >= 0.3 is 0 Å². The minimum absolute atomic E-state index is 0.592. The van der Waals surface area contributed by atoms with E-state index in [1.165, 1.54) is 22.2 Å². The van der Waals surface area contributed by atoms with Crippen LogP contribution in [-0.4, -0.2) is 22.6 Å². The molecule has 0 atom stereocenters. The Morgan fingerprint density at radius 1 is 1.05 bits per heavy atom. The van der Waals surface area contributed by atoms with Crippen LogP contribution in [0.3, 0.4) is 0 Å². The highest BCUT2D eigenvalue weighted by atomic mass is 15.1. The van der Waals surface area contributed by atoms with Gasteiger partial charge in [0.15, 0.2) is 0 Å². The van der Waals surface area contributed by atoms with Crippen LogP contribution in [0.4, 0.5) is 0 Å². The van der Waals surface area contributed by atoms with Crippen LogP contribution in [0.5, 0.6) is 0 Å². The molecule has 0 amide bonds. The lowest BCUT2D eigenvalue weighted by Crippen LogP contribution is -2.40. The number of imidazole rings is 1. The quantitative estimate of drug-likeness (QED) is 0.756. The average Bonchev–Trinajstić information content (AvgIpc) is 2.85. The number of nitrogens with one attached hydrogen (secondary N) is 1. The average molecular weight is 249 g/mol. The molecule has 1 saturated heterocycles. The summed E-state index contributed by atoms with van der Waals surface area (Å²) in [5, 5.41) is 5.86. The van der Waals surface area contributed by atoms with E-state index >= 15 is 0 Å². The molecular weight excluding hydrogens is 234 g/mol. The van der Waals surface area contributed by atoms with Crippen LogP contribution in [0.1, 0.15) is 11.6 Å². The van der Waals surface area contributed by atoms with Gasteiger partial charge in [-0.2, -0.15) is 0 Å². The first-order valence-corrected chi connectivity index (χ1v) is 6.64. The van der Waals surface area contributed by atoms with E-state index in [0.29, 0.717) is 5.92 Å². The molecule has 1 N–H and O–H groups in total. The molecule has 19 heavy (non-hydrogen) atoms. The van der Waals surface area contributed by atoms with Gasteiger partial charge in [0.05, 0.1) is 6.33 Å². The van der Waals surface area contributed by atoms with Crippen molar-refractivity contribution < 1.29 is 0 Å². The minimum Gasteiger partial charge on any atom is -0.315 e. The third-order valence-electron chi connectivity index (χ3n) is 3.88.